The summed E-state index contributed by atoms with van der Waals surface area (Å²) in [6.07, 6.45) is 2.48. The Kier molecular flexibility index (Phi) is 8.38. The normalized spacial score (nSPS) is 17.6. The number of nitrogens with one attached hydrogen (secondary N) is 1. The van der Waals surface area contributed by atoms with Crippen molar-refractivity contribution in [2.75, 3.05) is 18.5 Å². The molecule has 12 heteroatoms. The van der Waals surface area contributed by atoms with Gasteiger partial charge in [-0.25, -0.2) is 24.5 Å². The Morgan fingerprint density at radius 2 is 1.68 bits per heavy atom. The Bertz CT molecular complexity index is 1360. The molecule has 0 spiro atoms. The molecule has 2 atom stereocenters. The van der Waals surface area contributed by atoms with Gasteiger partial charge in [-0.05, 0) is 60.1 Å². The lowest BCUT2D eigenvalue weighted by molar-refractivity contribution is -0.162. The zero-order valence-electron chi connectivity index (χ0n) is 23.7. The predicted octanol–water partition coefficient (Wildman–Crippen LogP) is 3.81. The second-order valence-electron chi connectivity index (χ2n) is 11.7. The number of amides is 2. The molecule has 1 aliphatic heterocycles. The van der Waals surface area contributed by atoms with E-state index in [-0.39, 0.29) is 25.1 Å². The quantitative estimate of drug-likeness (QED) is 0.434. The Morgan fingerprint density at radius 1 is 0.975 bits per heavy atom. The van der Waals surface area contributed by atoms with Crippen LogP contribution in [-0.4, -0.2) is 78.9 Å². The lowest BCUT2D eigenvalue weighted by Crippen LogP contribution is -2.41. The summed E-state index contributed by atoms with van der Waals surface area (Å²) in [5.41, 5.74) is 0.0881. The number of rotatable bonds is 7. The molecule has 1 fully saturated rings. The van der Waals surface area contributed by atoms with Crippen molar-refractivity contribution in [3.63, 3.8) is 0 Å². The molecule has 0 saturated carbocycles. The predicted molar refractivity (Wildman–Crippen MR) is 147 cm³/mol. The van der Waals surface area contributed by atoms with Gasteiger partial charge in [0.1, 0.15) is 29.7 Å². The first-order valence-electron chi connectivity index (χ1n) is 13.1. The molecule has 1 N–H and O–H groups in total. The minimum Gasteiger partial charge on any atom is -0.458 e. The number of aromatic nitrogens is 4. The van der Waals surface area contributed by atoms with Crippen LogP contribution in [0, 0.1) is 0 Å². The fourth-order valence-electron chi connectivity index (χ4n) is 4.41. The van der Waals surface area contributed by atoms with Gasteiger partial charge in [0.25, 0.3) is 5.91 Å². The average molecular weight is 553 g/mol. The summed E-state index contributed by atoms with van der Waals surface area (Å²) in [5.74, 6) is -0.493. The lowest BCUT2D eigenvalue weighted by Gasteiger charge is -2.28. The number of likely N-dealkylation sites (tertiary alicyclic amines) is 1. The van der Waals surface area contributed by atoms with Crippen molar-refractivity contribution in [1.29, 1.82) is 0 Å². The molecule has 40 heavy (non-hydrogen) atoms. The minimum absolute atomic E-state index is 0.228. The number of anilines is 1. The number of nitrogens with zero attached hydrogens (tertiary/aromatic N) is 5. The van der Waals surface area contributed by atoms with Gasteiger partial charge in [0.2, 0.25) is 0 Å². The van der Waals surface area contributed by atoms with Crippen LogP contribution >= 0.6 is 0 Å². The van der Waals surface area contributed by atoms with Crippen LogP contribution in [0.25, 0.3) is 11.2 Å². The molecule has 2 amide bonds. The number of carbonyl (C=O) groups excluding carboxylic acids is 3. The third-order valence-electron chi connectivity index (χ3n) is 5.95. The molecular formula is C28H36N6O6. The highest BCUT2D eigenvalue weighted by Crippen LogP contribution is 2.27. The van der Waals surface area contributed by atoms with Gasteiger partial charge >= 0.3 is 12.1 Å². The van der Waals surface area contributed by atoms with Crippen LogP contribution in [0.3, 0.4) is 0 Å². The number of benzene rings is 1. The number of imidazole rings is 1. The second kappa shape index (κ2) is 11.6. The minimum atomic E-state index is -0.693. The molecule has 1 aromatic carbocycles. The molecule has 1 saturated heterocycles. The van der Waals surface area contributed by atoms with Gasteiger partial charge in [0, 0.05) is 12.1 Å². The van der Waals surface area contributed by atoms with Crippen LogP contribution in [0.2, 0.25) is 0 Å². The van der Waals surface area contributed by atoms with E-state index in [2.05, 4.69) is 20.3 Å². The first-order valence-corrected chi connectivity index (χ1v) is 13.1. The largest absolute Gasteiger partial charge is 0.458 e. The van der Waals surface area contributed by atoms with Crippen molar-refractivity contribution in [3.8, 4) is 0 Å². The fraction of sp³-hybridized carbons (Fsp3) is 0.500. The molecule has 4 rings (SSSR count). The van der Waals surface area contributed by atoms with E-state index in [0.29, 0.717) is 35.5 Å². The van der Waals surface area contributed by atoms with Gasteiger partial charge < -0.3 is 29.0 Å². The highest BCUT2D eigenvalue weighted by atomic mass is 16.6. The summed E-state index contributed by atoms with van der Waals surface area (Å²) in [5, 5.41) is 2.85. The Balaban J connectivity index is 1.55. The maximum Gasteiger partial charge on any atom is 0.410 e. The second-order valence-corrected chi connectivity index (χ2v) is 11.7. The Morgan fingerprint density at radius 3 is 2.35 bits per heavy atom. The Hall–Kier alpha value is -4.06. The number of fused-ring (bicyclic) bond motifs is 1. The van der Waals surface area contributed by atoms with Crippen molar-refractivity contribution in [2.24, 2.45) is 0 Å². The van der Waals surface area contributed by atoms with Crippen LogP contribution in [0.15, 0.2) is 43.0 Å². The van der Waals surface area contributed by atoms with Gasteiger partial charge in [0.15, 0.2) is 11.5 Å². The summed E-state index contributed by atoms with van der Waals surface area (Å²) < 4.78 is 18.7. The average Bonchev–Trinajstić information content (AvgIpc) is 3.46. The summed E-state index contributed by atoms with van der Waals surface area (Å²) in [6.45, 7) is 11.1. The SMILES string of the molecule is CC(C)(C)OC(=O)CO[C@@H]1C[C@@H](Cn2cnc3ncnc(NC(=O)c4ccccc4)c32)N(C(=O)OC(C)(C)C)C1. The van der Waals surface area contributed by atoms with Crippen molar-refractivity contribution in [2.45, 2.75) is 77.9 Å². The molecule has 0 radical (unpaired) electrons. The summed E-state index contributed by atoms with van der Waals surface area (Å²) in [6, 6.07) is 8.45. The molecule has 0 unspecified atom stereocenters. The van der Waals surface area contributed by atoms with Crippen molar-refractivity contribution >= 4 is 35.0 Å². The van der Waals surface area contributed by atoms with Gasteiger partial charge in [-0.3, -0.25) is 4.79 Å². The van der Waals surface area contributed by atoms with Crippen molar-refractivity contribution in [1.82, 2.24) is 24.4 Å². The van der Waals surface area contributed by atoms with Crippen LogP contribution < -0.4 is 5.32 Å². The van der Waals surface area contributed by atoms with Gasteiger partial charge in [-0.2, -0.15) is 0 Å². The maximum absolute atomic E-state index is 13.2. The number of carbonyl (C=O) groups is 3. The standard InChI is InChI=1S/C28H36N6O6/c1-27(2,3)39-21(35)15-38-20-12-19(34(14-20)26(37)40-28(4,5)6)13-33-17-31-23-22(33)24(30-16-29-23)32-25(36)18-10-8-7-9-11-18/h7-11,16-17,19-20H,12-15H2,1-6H3,(H,29,30,32,36)/t19-,20+/m0/s1. The fourth-order valence-corrected chi connectivity index (χ4v) is 4.41. The van der Waals surface area contributed by atoms with E-state index in [1.54, 1.807) is 81.6 Å². The van der Waals surface area contributed by atoms with Crippen LogP contribution in [0.5, 0.6) is 0 Å². The number of ether oxygens (including phenoxy) is 3. The Labute approximate surface area is 233 Å². The first-order chi connectivity index (χ1) is 18.8. The van der Waals surface area contributed by atoms with Crippen LogP contribution in [0.1, 0.15) is 58.3 Å². The van der Waals surface area contributed by atoms with E-state index in [4.69, 9.17) is 14.2 Å². The third kappa shape index (κ3) is 7.53. The van der Waals surface area contributed by atoms with E-state index in [0.717, 1.165) is 0 Å². The highest BCUT2D eigenvalue weighted by molar-refractivity contribution is 6.06. The van der Waals surface area contributed by atoms with E-state index in [9.17, 15) is 14.4 Å². The zero-order valence-corrected chi connectivity index (χ0v) is 23.7. The molecule has 3 heterocycles. The molecule has 1 aliphatic rings. The summed E-state index contributed by atoms with van der Waals surface area (Å²) >= 11 is 0. The maximum atomic E-state index is 13.2. The van der Waals surface area contributed by atoms with Gasteiger partial charge in [-0.15, -0.1) is 0 Å². The third-order valence-corrected chi connectivity index (χ3v) is 5.95. The van der Waals surface area contributed by atoms with Crippen molar-refractivity contribution < 1.29 is 28.6 Å². The van der Waals surface area contributed by atoms with E-state index in [1.807, 2.05) is 6.07 Å². The first kappa shape index (κ1) is 28.9. The van der Waals surface area contributed by atoms with Gasteiger partial charge in [-0.1, -0.05) is 18.2 Å². The van der Waals surface area contributed by atoms with Gasteiger partial charge in [0.05, 0.1) is 25.0 Å². The van der Waals surface area contributed by atoms with E-state index < -0.39 is 29.4 Å². The topological polar surface area (TPSA) is 138 Å². The lowest BCUT2D eigenvalue weighted by atomic mass is 10.2. The van der Waals surface area contributed by atoms with Crippen molar-refractivity contribution in [3.05, 3.63) is 48.5 Å². The molecule has 0 aliphatic carbocycles. The van der Waals surface area contributed by atoms with E-state index >= 15 is 0 Å². The zero-order chi connectivity index (χ0) is 29.1. The van der Waals surface area contributed by atoms with E-state index in [1.165, 1.54) is 6.33 Å². The molecule has 2 aromatic heterocycles. The van der Waals surface area contributed by atoms with Crippen LogP contribution in [0.4, 0.5) is 10.6 Å². The number of hydrogen-bond donors (Lipinski definition) is 1. The molecule has 0 bridgehead atoms. The smallest absolute Gasteiger partial charge is 0.410 e. The highest BCUT2D eigenvalue weighted by Gasteiger charge is 2.39. The molecule has 214 valence electrons. The summed E-state index contributed by atoms with van der Waals surface area (Å²) in [7, 11) is 0. The molecular weight excluding hydrogens is 516 g/mol. The summed E-state index contributed by atoms with van der Waals surface area (Å²) in [4.78, 5) is 52.7. The van der Waals surface area contributed by atoms with Crippen LogP contribution in [-0.2, 0) is 25.5 Å². The number of esters is 1. The molecule has 3 aromatic rings. The monoisotopic (exact) mass is 552 g/mol. The molecule has 12 nitrogen and oxygen atoms in total. The number of hydrogen-bond acceptors (Lipinski definition) is 9.